The molecule has 1 fully saturated rings. The van der Waals surface area contributed by atoms with Gasteiger partial charge in [-0.1, -0.05) is 142 Å². The Bertz CT molecular complexity index is 833. The lowest BCUT2D eigenvalue weighted by molar-refractivity contribution is -0.220. The standard InChI is InChI=1S/C36H71O12P/c1-3-5-7-9-11-13-15-16-17-19-21-23-25-30(37)47-29(27-45-26-24-22-20-18-14-12-10-8-6-4-2)28-46-49(43,44)48-36-34(41)32(39)31(38)33(40)35(36)42/h29,31-36,38-42H,3-28H2,1-2H3,(H,43,44). The van der Waals surface area contributed by atoms with Crippen LogP contribution in [0.15, 0.2) is 0 Å². The smallest absolute Gasteiger partial charge is 0.457 e. The quantitative estimate of drug-likeness (QED) is 0.0260. The second kappa shape index (κ2) is 28.9. The molecule has 6 unspecified atom stereocenters. The van der Waals surface area contributed by atoms with Crippen molar-refractivity contribution in [2.24, 2.45) is 0 Å². The number of carbonyl (C=O) groups is 1. The van der Waals surface area contributed by atoms with Crippen LogP contribution in [0.3, 0.4) is 0 Å². The van der Waals surface area contributed by atoms with Crippen molar-refractivity contribution in [3.8, 4) is 0 Å². The summed E-state index contributed by atoms with van der Waals surface area (Å²) in [5.74, 6) is -0.477. The minimum atomic E-state index is -5.00. The number of unbranched alkanes of at least 4 members (excludes halogenated alkanes) is 20. The van der Waals surface area contributed by atoms with Crippen molar-refractivity contribution in [2.75, 3.05) is 19.8 Å². The average Bonchev–Trinajstić information content (AvgIpc) is 3.08. The van der Waals surface area contributed by atoms with E-state index in [4.69, 9.17) is 18.5 Å². The van der Waals surface area contributed by atoms with Crippen LogP contribution in [0.1, 0.15) is 162 Å². The second-order valence-electron chi connectivity index (χ2n) is 13.8. The molecule has 0 amide bonds. The third-order valence-electron chi connectivity index (χ3n) is 9.23. The van der Waals surface area contributed by atoms with Gasteiger partial charge in [0.15, 0.2) is 0 Å². The number of phosphoric acid groups is 1. The molecule has 0 bridgehead atoms. The highest BCUT2D eigenvalue weighted by atomic mass is 31.2. The topological polar surface area (TPSA) is 192 Å². The molecule has 1 rings (SSSR count). The van der Waals surface area contributed by atoms with E-state index in [-0.39, 0.29) is 13.0 Å². The first kappa shape index (κ1) is 46.4. The van der Waals surface area contributed by atoms with Gasteiger partial charge in [-0.3, -0.25) is 13.8 Å². The van der Waals surface area contributed by atoms with Crippen molar-refractivity contribution in [2.45, 2.75) is 204 Å². The summed E-state index contributed by atoms with van der Waals surface area (Å²) in [7, 11) is -5.00. The third kappa shape index (κ3) is 22.1. The van der Waals surface area contributed by atoms with Crippen LogP contribution in [-0.4, -0.2) is 98.9 Å². The first-order valence-electron chi connectivity index (χ1n) is 19.4. The van der Waals surface area contributed by atoms with E-state index in [2.05, 4.69) is 13.8 Å². The van der Waals surface area contributed by atoms with Crippen LogP contribution in [0, 0.1) is 0 Å². The predicted molar refractivity (Wildman–Crippen MR) is 189 cm³/mol. The van der Waals surface area contributed by atoms with Crippen LogP contribution in [0.2, 0.25) is 0 Å². The van der Waals surface area contributed by atoms with E-state index in [0.717, 1.165) is 38.5 Å². The van der Waals surface area contributed by atoms with Crippen LogP contribution in [0.5, 0.6) is 0 Å². The molecule has 6 N–H and O–H groups in total. The van der Waals surface area contributed by atoms with E-state index >= 15 is 0 Å². The Morgan fingerprint density at radius 3 is 1.41 bits per heavy atom. The zero-order valence-corrected chi connectivity index (χ0v) is 31.4. The van der Waals surface area contributed by atoms with Crippen molar-refractivity contribution < 1.29 is 58.3 Å². The molecule has 0 aromatic heterocycles. The molecule has 13 heteroatoms. The second-order valence-corrected chi connectivity index (χ2v) is 15.2. The molecule has 0 heterocycles. The molecule has 0 saturated heterocycles. The van der Waals surface area contributed by atoms with Crippen LogP contribution in [0.25, 0.3) is 0 Å². The van der Waals surface area contributed by atoms with Gasteiger partial charge < -0.3 is 39.9 Å². The fourth-order valence-corrected chi connectivity index (χ4v) is 7.03. The molecule has 0 aromatic carbocycles. The number of aliphatic hydroxyl groups is 5. The molecule has 1 saturated carbocycles. The summed E-state index contributed by atoms with van der Waals surface area (Å²) >= 11 is 0. The molecule has 0 aromatic rings. The van der Waals surface area contributed by atoms with Crippen LogP contribution < -0.4 is 0 Å². The molecule has 292 valence electrons. The summed E-state index contributed by atoms with van der Waals surface area (Å²) in [6, 6.07) is 0. The molecular formula is C36H71O12P. The van der Waals surface area contributed by atoms with Crippen molar-refractivity contribution in [1.82, 2.24) is 0 Å². The van der Waals surface area contributed by atoms with Crippen molar-refractivity contribution in [3.63, 3.8) is 0 Å². The highest BCUT2D eigenvalue weighted by Gasteiger charge is 2.51. The molecule has 0 spiro atoms. The monoisotopic (exact) mass is 726 g/mol. The maximum atomic E-state index is 12.7. The van der Waals surface area contributed by atoms with Gasteiger partial charge in [0.2, 0.25) is 0 Å². The van der Waals surface area contributed by atoms with Crippen molar-refractivity contribution >= 4 is 13.8 Å². The molecule has 1 aliphatic rings. The summed E-state index contributed by atoms with van der Waals surface area (Å²) in [6.45, 7) is 4.23. The zero-order chi connectivity index (χ0) is 36.3. The number of phosphoric ester groups is 1. The largest absolute Gasteiger partial charge is 0.472 e. The lowest BCUT2D eigenvalue weighted by atomic mass is 9.85. The third-order valence-corrected chi connectivity index (χ3v) is 10.2. The molecule has 6 atom stereocenters. The zero-order valence-electron chi connectivity index (χ0n) is 30.5. The first-order chi connectivity index (χ1) is 23.5. The lowest BCUT2D eigenvalue weighted by Gasteiger charge is -2.41. The van der Waals surface area contributed by atoms with Gasteiger partial charge in [-0.05, 0) is 12.8 Å². The normalized spacial score (nSPS) is 24.5. The van der Waals surface area contributed by atoms with Gasteiger partial charge >= 0.3 is 13.8 Å². The van der Waals surface area contributed by atoms with Gasteiger partial charge in [-0.2, -0.15) is 0 Å². The van der Waals surface area contributed by atoms with Crippen LogP contribution >= 0.6 is 7.82 Å². The van der Waals surface area contributed by atoms with E-state index in [1.807, 2.05) is 0 Å². The summed E-state index contributed by atoms with van der Waals surface area (Å²) in [6.07, 6.45) is 13.3. The number of ether oxygens (including phenoxy) is 2. The van der Waals surface area contributed by atoms with E-state index in [0.29, 0.717) is 13.0 Å². The Morgan fingerprint density at radius 1 is 0.571 bits per heavy atom. The van der Waals surface area contributed by atoms with Gasteiger partial charge in [0.1, 0.15) is 42.7 Å². The van der Waals surface area contributed by atoms with Crippen LogP contribution in [0.4, 0.5) is 0 Å². The minimum absolute atomic E-state index is 0.0695. The maximum Gasteiger partial charge on any atom is 0.472 e. The molecular weight excluding hydrogens is 655 g/mol. The van der Waals surface area contributed by atoms with E-state index in [1.54, 1.807) is 0 Å². The average molecular weight is 727 g/mol. The summed E-state index contributed by atoms with van der Waals surface area (Å²) < 4.78 is 33.9. The van der Waals surface area contributed by atoms with Gasteiger partial charge in [0.25, 0.3) is 0 Å². The SMILES string of the molecule is CCCCCCCCCCCCCCC(=O)OC(COCCCCCCCCCCCC)COP(=O)(O)OC1C(O)C(O)C(O)C(O)C1O. The molecule has 12 nitrogen and oxygen atoms in total. The van der Waals surface area contributed by atoms with Crippen molar-refractivity contribution in [3.05, 3.63) is 0 Å². The fraction of sp³-hybridized carbons (Fsp3) is 0.972. The summed E-state index contributed by atoms with van der Waals surface area (Å²) in [5, 5.41) is 49.9. The van der Waals surface area contributed by atoms with Crippen LogP contribution in [-0.2, 0) is 27.9 Å². The number of aliphatic hydroxyl groups excluding tert-OH is 5. The van der Waals surface area contributed by atoms with Gasteiger partial charge in [-0.15, -0.1) is 0 Å². The highest BCUT2D eigenvalue weighted by Crippen LogP contribution is 2.47. The van der Waals surface area contributed by atoms with Gasteiger partial charge in [-0.25, -0.2) is 4.57 Å². The summed E-state index contributed by atoms with van der Waals surface area (Å²) in [4.78, 5) is 22.9. The number of esters is 1. The van der Waals surface area contributed by atoms with Gasteiger partial charge in [0.05, 0.1) is 13.2 Å². The first-order valence-corrected chi connectivity index (χ1v) is 20.9. The number of carbonyl (C=O) groups excluding carboxylic acids is 1. The van der Waals surface area contributed by atoms with E-state index in [9.17, 15) is 39.8 Å². The maximum absolute atomic E-state index is 12.7. The molecule has 1 aliphatic carbocycles. The number of hydrogen-bond donors (Lipinski definition) is 6. The Balaban J connectivity index is 2.47. The van der Waals surface area contributed by atoms with E-state index < -0.39 is 63.1 Å². The number of rotatable bonds is 32. The molecule has 49 heavy (non-hydrogen) atoms. The minimum Gasteiger partial charge on any atom is -0.457 e. The van der Waals surface area contributed by atoms with E-state index in [1.165, 1.54) is 96.3 Å². The number of hydrogen-bond acceptors (Lipinski definition) is 11. The Morgan fingerprint density at radius 2 is 0.959 bits per heavy atom. The lowest BCUT2D eigenvalue weighted by Crippen LogP contribution is -2.64. The Labute approximate surface area is 295 Å². The summed E-state index contributed by atoms with van der Waals surface area (Å²) in [5.41, 5.74) is 0. The van der Waals surface area contributed by atoms with Crippen molar-refractivity contribution in [1.29, 1.82) is 0 Å². The predicted octanol–water partition coefficient (Wildman–Crippen LogP) is 6.25. The van der Waals surface area contributed by atoms with Gasteiger partial charge in [0, 0.05) is 13.0 Å². The Kier molecular flexibility index (Phi) is 27.3. The highest BCUT2D eigenvalue weighted by molar-refractivity contribution is 7.47. The Hall–Kier alpha value is -0.660. The fourth-order valence-electron chi connectivity index (χ4n) is 6.06. The molecule has 0 radical (unpaired) electrons. The molecule has 0 aliphatic heterocycles.